The lowest BCUT2D eigenvalue weighted by molar-refractivity contribution is -0.115. The Hall–Kier alpha value is -3.51. The summed E-state index contributed by atoms with van der Waals surface area (Å²) in [5.74, 6) is 1.11. The Kier molecular flexibility index (Phi) is 6.27. The first-order chi connectivity index (χ1) is 13.2. The van der Waals surface area contributed by atoms with Crippen molar-refractivity contribution in [3.8, 4) is 11.5 Å². The average molecular weight is 360 g/mol. The lowest BCUT2D eigenvalue weighted by Gasteiger charge is -2.08. The van der Waals surface area contributed by atoms with E-state index < -0.39 is 0 Å². The van der Waals surface area contributed by atoms with Gasteiger partial charge < -0.3 is 4.74 Å². The third-order valence-corrected chi connectivity index (χ3v) is 3.67. The van der Waals surface area contributed by atoms with Crippen molar-refractivity contribution in [1.82, 2.24) is 15.8 Å². The van der Waals surface area contributed by atoms with Gasteiger partial charge in [-0.05, 0) is 48.9 Å². The summed E-state index contributed by atoms with van der Waals surface area (Å²) in [6, 6.07) is 20.5. The average Bonchev–Trinajstić information content (AvgIpc) is 2.70. The Morgan fingerprint density at radius 3 is 2.52 bits per heavy atom. The number of rotatable bonds is 7. The number of amides is 1. The molecule has 6 nitrogen and oxygen atoms in total. The van der Waals surface area contributed by atoms with Crippen LogP contribution in [0, 0.1) is 0 Å². The lowest BCUT2D eigenvalue weighted by Crippen LogP contribution is -2.40. The zero-order valence-electron chi connectivity index (χ0n) is 14.9. The Morgan fingerprint density at radius 1 is 1.00 bits per heavy atom. The zero-order valence-corrected chi connectivity index (χ0v) is 14.9. The van der Waals surface area contributed by atoms with E-state index >= 15 is 0 Å². The molecule has 1 heterocycles. The van der Waals surface area contributed by atoms with Gasteiger partial charge >= 0.3 is 0 Å². The highest BCUT2D eigenvalue weighted by Crippen LogP contribution is 2.25. The molecule has 136 valence electrons. The SMILES string of the molecule is CC(=Nc1cccc(Oc2ccccc2)c1)C(=O)NNCc1ccncc1. The van der Waals surface area contributed by atoms with Crippen molar-refractivity contribution in [3.05, 3.63) is 84.7 Å². The van der Waals surface area contributed by atoms with Gasteiger partial charge in [0.25, 0.3) is 5.91 Å². The highest BCUT2D eigenvalue weighted by Gasteiger charge is 2.06. The number of pyridine rings is 1. The quantitative estimate of drug-likeness (QED) is 0.496. The summed E-state index contributed by atoms with van der Waals surface area (Å²) in [5.41, 5.74) is 7.52. The molecule has 0 unspecified atom stereocenters. The molecule has 2 aromatic carbocycles. The Labute approximate surface area is 157 Å². The number of carbonyl (C=O) groups is 1. The lowest BCUT2D eigenvalue weighted by atomic mass is 10.3. The summed E-state index contributed by atoms with van der Waals surface area (Å²) in [7, 11) is 0. The summed E-state index contributed by atoms with van der Waals surface area (Å²) in [4.78, 5) is 20.5. The summed E-state index contributed by atoms with van der Waals surface area (Å²) >= 11 is 0. The first-order valence-corrected chi connectivity index (χ1v) is 8.51. The first-order valence-electron chi connectivity index (χ1n) is 8.51. The van der Waals surface area contributed by atoms with E-state index in [1.165, 1.54) is 0 Å². The minimum Gasteiger partial charge on any atom is -0.457 e. The van der Waals surface area contributed by atoms with Gasteiger partial charge in [0.05, 0.1) is 5.69 Å². The van der Waals surface area contributed by atoms with Gasteiger partial charge in [0.15, 0.2) is 0 Å². The third-order valence-electron chi connectivity index (χ3n) is 3.67. The van der Waals surface area contributed by atoms with Crippen LogP contribution in [0.15, 0.2) is 84.1 Å². The molecule has 0 saturated heterocycles. The number of aromatic nitrogens is 1. The molecule has 27 heavy (non-hydrogen) atoms. The fraction of sp³-hybridized carbons (Fsp3) is 0.0952. The number of benzene rings is 2. The van der Waals surface area contributed by atoms with Gasteiger partial charge in [0, 0.05) is 25.0 Å². The van der Waals surface area contributed by atoms with E-state index in [-0.39, 0.29) is 5.91 Å². The predicted octanol–water partition coefficient (Wildman–Crippen LogP) is 3.79. The van der Waals surface area contributed by atoms with Crippen molar-refractivity contribution in [1.29, 1.82) is 0 Å². The second-order valence-electron chi connectivity index (χ2n) is 5.77. The van der Waals surface area contributed by atoms with Gasteiger partial charge in [-0.25, -0.2) is 10.4 Å². The fourth-order valence-electron chi connectivity index (χ4n) is 2.30. The van der Waals surface area contributed by atoms with Crippen LogP contribution in [0.1, 0.15) is 12.5 Å². The first kappa shape index (κ1) is 18.3. The number of aliphatic imine (C=N–C) groups is 1. The normalized spacial score (nSPS) is 11.1. The Morgan fingerprint density at radius 2 is 1.74 bits per heavy atom. The van der Waals surface area contributed by atoms with Crippen LogP contribution >= 0.6 is 0 Å². The van der Waals surface area contributed by atoms with Crippen molar-refractivity contribution in [3.63, 3.8) is 0 Å². The molecule has 0 radical (unpaired) electrons. The minimum atomic E-state index is -0.293. The van der Waals surface area contributed by atoms with Crippen molar-refractivity contribution in [2.75, 3.05) is 0 Å². The Balaban J connectivity index is 1.58. The van der Waals surface area contributed by atoms with Crippen LogP contribution in [0.5, 0.6) is 11.5 Å². The highest BCUT2D eigenvalue weighted by molar-refractivity contribution is 6.38. The molecule has 0 aliphatic heterocycles. The maximum absolute atomic E-state index is 12.2. The maximum Gasteiger partial charge on any atom is 0.279 e. The van der Waals surface area contributed by atoms with Crippen LogP contribution in [0.25, 0.3) is 0 Å². The van der Waals surface area contributed by atoms with E-state index in [0.717, 1.165) is 11.3 Å². The van der Waals surface area contributed by atoms with Crippen molar-refractivity contribution < 1.29 is 9.53 Å². The molecule has 6 heteroatoms. The number of nitrogens with zero attached hydrogens (tertiary/aromatic N) is 2. The molecule has 0 aliphatic rings. The van der Waals surface area contributed by atoms with Crippen LogP contribution in [-0.2, 0) is 11.3 Å². The van der Waals surface area contributed by atoms with E-state index in [9.17, 15) is 4.79 Å². The summed E-state index contributed by atoms with van der Waals surface area (Å²) in [5, 5.41) is 0. The van der Waals surface area contributed by atoms with Crippen LogP contribution in [0.4, 0.5) is 5.69 Å². The number of carbonyl (C=O) groups excluding carboxylic acids is 1. The predicted molar refractivity (Wildman–Crippen MR) is 105 cm³/mol. The van der Waals surface area contributed by atoms with Gasteiger partial charge in [0.1, 0.15) is 17.2 Å². The molecule has 3 rings (SSSR count). The Bertz CT molecular complexity index is 912. The van der Waals surface area contributed by atoms with Crippen molar-refractivity contribution >= 4 is 17.3 Å². The summed E-state index contributed by atoms with van der Waals surface area (Å²) in [6.45, 7) is 2.16. The molecular weight excluding hydrogens is 340 g/mol. The molecule has 2 N–H and O–H groups in total. The standard InChI is InChI=1S/C21H20N4O2/c1-16(21(26)25-23-15-17-10-12-22-13-11-17)24-18-6-5-9-20(14-18)27-19-7-3-2-4-8-19/h2-14,23H,15H2,1H3,(H,25,26). The van der Waals surface area contributed by atoms with E-state index in [1.54, 1.807) is 25.4 Å². The maximum atomic E-state index is 12.2. The number of nitrogens with one attached hydrogen (secondary N) is 2. The molecule has 0 saturated carbocycles. The topological polar surface area (TPSA) is 75.6 Å². The molecule has 0 bridgehead atoms. The largest absolute Gasteiger partial charge is 0.457 e. The van der Waals surface area contributed by atoms with Gasteiger partial charge in [-0.1, -0.05) is 24.3 Å². The van der Waals surface area contributed by atoms with Crippen LogP contribution in [0.3, 0.4) is 0 Å². The number of para-hydroxylation sites is 1. The van der Waals surface area contributed by atoms with Crippen molar-refractivity contribution in [2.24, 2.45) is 4.99 Å². The van der Waals surface area contributed by atoms with E-state index in [0.29, 0.717) is 23.7 Å². The number of hydrogen-bond acceptors (Lipinski definition) is 5. The van der Waals surface area contributed by atoms with Gasteiger partial charge in [0.2, 0.25) is 0 Å². The summed E-state index contributed by atoms with van der Waals surface area (Å²) in [6.07, 6.45) is 3.41. The highest BCUT2D eigenvalue weighted by atomic mass is 16.5. The van der Waals surface area contributed by atoms with E-state index in [4.69, 9.17) is 4.74 Å². The third kappa shape index (κ3) is 5.76. The molecule has 3 aromatic rings. The monoisotopic (exact) mass is 360 g/mol. The summed E-state index contributed by atoms with van der Waals surface area (Å²) < 4.78 is 5.79. The smallest absolute Gasteiger partial charge is 0.279 e. The second kappa shape index (κ2) is 9.26. The van der Waals surface area contributed by atoms with E-state index in [2.05, 4.69) is 20.8 Å². The minimum absolute atomic E-state index is 0.293. The molecular formula is C21H20N4O2. The fourth-order valence-corrected chi connectivity index (χ4v) is 2.30. The second-order valence-corrected chi connectivity index (χ2v) is 5.77. The van der Waals surface area contributed by atoms with Crippen LogP contribution < -0.4 is 15.6 Å². The molecule has 1 aromatic heterocycles. The number of hydrazine groups is 1. The van der Waals surface area contributed by atoms with Gasteiger partial charge in [-0.2, -0.15) is 0 Å². The van der Waals surface area contributed by atoms with Gasteiger partial charge in [-0.3, -0.25) is 15.2 Å². The van der Waals surface area contributed by atoms with Crippen LogP contribution in [-0.4, -0.2) is 16.6 Å². The number of ether oxygens (including phenoxy) is 1. The molecule has 0 aliphatic carbocycles. The zero-order chi connectivity index (χ0) is 18.9. The number of hydrogen-bond donors (Lipinski definition) is 2. The molecule has 0 fully saturated rings. The molecule has 0 spiro atoms. The van der Waals surface area contributed by atoms with Crippen LogP contribution in [0.2, 0.25) is 0 Å². The molecule has 0 atom stereocenters. The van der Waals surface area contributed by atoms with Gasteiger partial charge in [-0.15, -0.1) is 0 Å². The van der Waals surface area contributed by atoms with E-state index in [1.807, 2.05) is 60.7 Å². The van der Waals surface area contributed by atoms with Crippen molar-refractivity contribution in [2.45, 2.75) is 13.5 Å². The molecule has 1 amide bonds.